The van der Waals surface area contributed by atoms with Crippen molar-refractivity contribution in [1.82, 2.24) is 14.7 Å². The van der Waals surface area contributed by atoms with E-state index in [1.807, 2.05) is 37.4 Å². The Morgan fingerprint density at radius 1 is 1.29 bits per heavy atom. The molecule has 1 aliphatic heterocycles. The van der Waals surface area contributed by atoms with Crippen molar-refractivity contribution >= 4 is 17.5 Å². The Balaban J connectivity index is 1.62. The Labute approximate surface area is 167 Å². The lowest BCUT2D eigenvalue weighted by Crippen LogP contribution is -2.35. The summed E-state index contributed by atoms with van der Waals surface area (Å²) in [5.74, 6) is 0.438. The summed E-state index contributed by atoms with van der Waals surface area (Å²) in [7, 11) is 0. The van der Waals surface area contributed by atoms with Crippen molar-refractivity contribution in [2.45, 2.75) is 20.0 Å². The molecular formula is C21H20ClN3O3. The van der Waals surface area contributed by atoms with Crippen LogP contribution >= 0.6 is 11.6 Å². The van der Waals surface area contributed by atoms with Crippen molar-refractivity contribution in [2.24, 2.45) is 0 Å². The number of carbonyl (C=O) groups excluding carboxylic acids is 1. The fourth-order valence-corrected chi connectivity index (χ4v) is 3.53. The number of rotatable bonds is 3. The average molecular weight is 398 g/mol. The summed E-state index contributed by atoms with van der Waals surface area (Å²) in [6, 6.07) is 11.0. The zero-order chi connectivity index (χ0) is 19.7. The molecule has 0 spiro atoms. The first-order chi connectivity index (χ1) is 13.5. The standard InChI is InChI=1S/C21H20ClN3O3/c1-14-10-23-25(11-14)13-20(27)24-5-6-28-21-17(12-24)7-16(9-19(21)26)15-3-2-4-18(22)8-15/h2-4,7-11,26H,5-6,12-13H2,1H3. The summed E-state index contributed by atoms with van der Waals surface area (Å²) >= 11 is 6.10. The normalized spacial score (nSPS) is 13.6. The third-order valence-electron chi connectivity index (χ3n) is 4.69. The molecule has 1 aliphatic rings. The number of aryl methyl sites for hydroxylation is 1. The van der Waals surface area contributed by atoms with Gasteiger partial charge in [-0.1, -0.05) is 23.7 Å². The molecule has 1 amide bonds. The molecule has 28 heavy (non-hydrogen) atoms. The molecule has 6 nitrogen and oxygen atoms in total. The molecule has 0 saturated heterocycles. The molecule has 0 bridgehead atoms. The van der Waals surface area contributed by atoms with Crippen molar-refractivity contribution in [1.29, 1.82) is 0 Å². The minimum Gasteiger partial charge on any atom is -0.504 e. The van der Waals surface area contributed by atoms with E-state index >= 15 is 0 Å². The lowest BCUT2D eigenvalue weighted by atomic mass is 10.0. The molecule has 3 aromatic rings. The minimum atomic E-state index is -0.0489. The second kappa shape index (κ2) is 7.56. The number of hydrogen-bond donors (Lipinski definition) is 1. The average Bonchev–Trinajstić information content (AvgIpc) is 2.94. The lowest BCUT2D eigenvalue weighted by Gasteiger charge is -2.20. The first-order valence-corrected chi connectivity index (χ1v) is 9.39. The third-order valence-corrected chi connectivity index (χ3v) is 4.92. The number of hydrogen-bond acceptors (Lipinski definition) is 4. The first kappa shape index (κ1) is 18.4. The number of ether oxygens (including phenoxy) is 1. The number of benzene rings is 2. The second-order valence-electron chi connectivity index (χ2n) is 6.87. The van der Waals surface area contributed by atoms with Crippen LogP contribution in [-0.2, 0) is 17.9 Å². The summed E-state index contributed by atoms with van der Waals surface area (Å²) < 4.78 is 7.37. The summed E-state index contributed by atoms with van der Waals surface area (Å²) in [5, 5.41) is 15.3. The van der Waals surface area contributed by atoms with Gasteiger partial charge in [-0.15, -0.1) is 0 Å². The van der Waals surface area contributed by atoms with E-state index in [4.69, 9.17) is 16.3 Å². The number of phenolic OH excluding ortho intramolecular Hbond substituents is 1. The van der Waals surface area contributed by atoms with Crippen molar-refractivity contribution in [3.05, 3.63) is 64.9 Å². The summed E-state index contributed by atoms with van der Waals surface area (Å²) in [6.07, 6.45) is 3.56. The summed E-state index contributed by atoms with van der Waals surface area (Å²) in [4.78, 5) is 14.5. The number of aromatic nitrogens is 2. The number of carbonyl (C=O) groups is 1. The fourth-order valence-electron chi connectivity index (χ4n) is 3.34. The van der Waals surface area contributed by atoms with E-state index in [1.165, 1.54) is 0 Å². The molecule has 1 N–H and O–H groups in total. The Morgan fingerprint density at radius 2 is 2.14 bits per heavy atom. The molecule has 7 heteroatoms. The molecule has 0 aliphatic carbocycles. The quantitative estimate of drug-likeness (QED) is 0.732. The van der Waals surface area contributed by atoms with Gasteiger partial charge < -0.3 is 14.7 Å². The fraction of sp³-hybridized carbons (Fsp3) is 0.238. The topological polar surface area (TPSA) is 67.6 Å². The van der Waals surface area contributed by atoms with Gasteiger partial charge >= 0.3 is 0 Å². The van der Waals surface area contributed by atoms with Crippen LogP contribution in [0.1, 0.15) is 11.1 Å². The predicted octanol–water partition coefficient (Wildman–Crippen LogP) is 3.64. The van der Waals surface area contributed by atoms with Crippen LogP contribution in [0.2, 0.25) is 5.02 Å². The van der Waals surface area contributed by atoms with E-state index in [1.54, 1.807) is 27.9 Å². The van der Waals surface area contributed by atoms with Gasteiger partial charge in [0.15, 0.2) is 11.5 Å². The van der Waals surface area contributed by atoms with Gasteiger partial charge in [0.2, 0.25) is 5.91 Å². The molecule has 0 radical (unpaired) electrons. The molecule has 2 heterocycles. The Morgan fingerprint density at radius 3 is 2.89 bits per heavy atom. The van der Waals surface area contributed by atoms with Gasteiger partial charge in [-0.25, -0.2) is 0 Å². The molecule has 1 aromatic heterocycles. The second-order valence-corrected chi connectivity index (χ2v) is 7.31. The Kier molecular flexibility index (Phi) is 4.96. The predicted molar refractivity (Wildman–Crippen MR) is 106 cm³/mol. The van der Waals surface area contributed by atoms with Gasteiger partial charge in [0.05, 0.1) is 12.7 Å². The molecule has 0 atom stereocenters. The summed E-state index contributed by atoms with van der Waals surface area (Å²) in [6.45, 7) is 3.23. The van der Waals surface area contributed by atoms with Crippen LogP contribution in [0.15, 0.2) is 48.8 Å². The van der Waals surface area contributed by atoms with Gasteiger partial charge in [-0.2, -0.15) is 5.10 Å². The smallest absolute Gasteiger partial charge is 0.244 e. The van der Waals surface area contributed by atoms with Gasteiger partial charge in [0, 0.05) is 23.3 Å². The van der Waals surface area contributed by atoms with Crippen LogP contribution in [-0.4, -0.2) is 38.8 Å². The largest absolute Gasteiger partial charge is 0.504 e. The van der Waals surface area contributed by atoms with E-state index in [2.05, 4.69) is 5.10 Å². The zero-order valence-corrected chi connectivity index (χ0v) is 16.2. The van der Waals surface area contributed by atoms with E-state index < -0.39 is 0 Å². The van der Waals surface area contributed by atoms with Gasteiger partial charge in [0.25, 0.3) is 0 Å². The van der Waals surface area contributed by atoms with Crippen LogP contribution < -0.4 is 4.74 Å². The number of phenols is 1. The molecule has 0 saturated carbocycles. The van der Waals surface area contributed by atoms with Crippen molar-refractivity contribution in [3.63, 3.8) is 0 Å². The van der Waals surface area contributed by atoms with E-state index in [-0.39, 0.29) is 18.2 Å². The van der Waals surface area contributed by atoms with Gasteiger partial charge in [0.1, 0.15) is 13.2 Å². The number of aromatic hydroxyl groups is 1. The highest BCUT2D eigenvalue weighted by atomic mass is 35.5. The molecular weight excluding hydrogens is 378 g/mol. The van der Waals surface area contributed by atoms with Crippen LogP contribution in [0.5, 0.6) is 11.5 Å². The van der Waals surface area contributed by atoms with E-state index in [0.29, 0.717) is 30.5 Å². The number of amides is 1. The maximum atomic E-state index is 12.8. The number of fused-ring (bicyclic) bond motifs is 1. The maximum Gasteiger partial charge on any atom is 0.244 e. The highest BCUT2D eigenvalue weighted by molar-refractivity contribution is 6.30. The highest BCUT2D eigenvalue weighted by Gasteiger charge is 2.23. The van der Waals surface area contributed by atoms with Gasteiger partial charge in [-0.05, 0) is 47.9 Å². The highest BCUT2D eigenvalue weighted by Crippen LogP contribution is 2.38. The molecule has 4 rings (SSSR count). The van der Waals surface area contributed by atoms with Crippen molar-refractivity contribution in [2.75, 3.05) is 13.2 Å². The third kappa shape index (κ3) is 3.82. The van der Waals surface area contributed by atoms with Crippen molar-refractivity contribution < 1.29 is 14.6 Å². The zero-order valence-electron chi connectivity index (χ0n) is 15.4. The van der Waals surface area contributed by atoms with Crippen LogP contribution in [0.25, 0.3) is 11.1 Å². The Hall–Kier alpha value is -2.99. The molecule has 0 unspecified atom stereocenters. The van der Waals surface area contributed by atoms with Crippen LogP contribution in [0, 0.1) is 6.92 Å². The minimum absolute atomic E-state index is 0.0489. The number of halogens is 1. The monoisotopic (exact) mass is 397 g/mol. The van der Waals surface area contributed by atoms with E-state index in [0.717, 1.165) is 22.3 Å². The lowest BCUT2D eigenvalue weighted by molar-refractivity contribution is -0.132. The van der Waals surface area contributed by atoms with Gasteiger partial charge in [-0.3, -0.25) is 9.48 Å². The molecule has 0 fully saturated rings. The van der Waals surface area contributed by atoms with E-state index in [9.17, 15) is 9.90 Å². The van der Waals surface area contributed by atoms with Crippen LogP contribution in [0.4, 0.5) is 0 Å². The van der Waals surface area contributed by atoms with Crippen LogP contribution in [0.3, 0.4) is 0 Å². The maximum absolute atomic E-state index is 12.8. The molecule has 144 valence electrons. The summed E-state index contributed by atoms with van der Waals surface area (Å²) in [5.41, 5.74) is 3.48. The first-order valence-electron chi connectivity index (χ1n) is 9.01. The number of nitrogens with zero attached hydrogens (tertiary/aromatic N) is 3. The Bertz CT molecular complexity index is 1030. The van der Waals surface area contributed by atoms with Crippen molar-refractivity contribution in [3.8, 4) is 22.6 Å². The SMILES string of the molecule is Cc1cnn(CC(=O)N2CCOc3c(O)cc(-c4cccc(Cl)c4)cc3C2)c1. The molecule has 2 aromatic carbocycles.